The molecule has 0 N–H and O–H groups in total. The molecular formula is C26H34ClFN6O3. The predicted molar refractivity (Wildman–Crippen MR) is 138 cm³/mol. The first-order valence-corrected chi connectivity index (χ1v) is 13.7. The van der Waals surface area contributed by atoms with E-state index >= 15 is 4.39 Å². The van der Waals surface area contributed by atoms with Crippen LogP contribution in [0.5, 0.6) is 6.01 Å². The molecule has 4 aliphatic rings. The van der Waals surface area contributed by atoms with Crippen molar-refractivity contribution >= 4 is 34.4 Å². The molecule has 0 radical (unpaired) electrons. The van der Waals surface area contributed by atoms with Crippen LogP contribution in [-0.4, -0.2) is 86.9 Å². The molecule has 6 rings (SSSR count). The maximum absolute atomic E-state index is 15.1. The van der Waals surface area contributed by atoms with Crippen molar-refractivity contribution in [2.75, 3.05) is 37.7 Å². The summed E-state index contributed by atoms with van der Waals surface area (Å²) >= 11 is 6.03. The van der Waals surface area contributed by atoms with E-state index in [0.717, 1.165) is 51.6 Å². The number of halogens is 2. The number of fused-ring (bicyclic) bond motifs is 4. The number of aromatic nitrogens is 3. The Kier molecular flexibility index (Phi) is 6.10. The van der Waals surface area contributed by atoms with Crippen molar-refractivity contribution in [3.8, 4) is 6.01 Å². The van der Waals surface area contributed by atoms with E-state index in [1.54, 1.807) is 0 Å². The normalized spacial score (nSPS) is 25.1. The van der Waals surface area contributed by atoms with E-state index in [2.05, 4.69) is 19.8 Å². The van der Waals surface area contributed by atoms with Gasteiger partial charge < -0.3 is 14.4 Å². The van der Waals surface area contributed by atoms with Gasteiger partial charge in [0.05, 0.1) is 23.0 Å². The SMILES string of the molecule is CC(C)(C)OC(=O)N1[C@@H]2CC[C@H]1CN(c1nc(OCC34CCCN3CCC4)nc3c(F)c(Cl)ncc13)C2. The minimum atomic E-state index is -0.676. The number of anilines is 1. The Balaban J connectivity index is 1.30. The Morgan fingerprint density at radius 2 is 1.84 bits per heavy atom. The quantitative estimate of drug-likeness (QED) is 0.535. The first kappa shape index (κ1) is 24.9. The van der Waals surface area contributed by atoms with Gasteiger partial charge in [-0.1, -0.05) is 11.6 Å². The second kappa shape index (κ2) is 9.08. The Labute approximate surface area is 221 Å². The molecule has 4 aliphatic heterocycles. The fourth-order valence-electron chi connectivity index (χ4n) is 6.65. The Hall–Kier alpha value is -2.46. The third kappa shape index (κ3) is 4.46. The molecule has 200 valence electrons. The van der Waals surface area contributed by atoms with Crippen molar-refractivity contribution in [3.05, 3.63) is 17.2 Å². The van der Waals surface area contributed by atoms with Crippen molar-refractivity contribution < 1.29 is 18.7 Å². The summed E-state index contributed by atoms with van der Waals surface area (Å²) in [6.07, 6.45) is 7.50. The zero-order valence-electron chi connectivity index (χ0n) is 21.7. The molecular weight excluding hydrogens is 499 g/mol. The first-order valence-electron chi connectivity index (χ1n) is 13.3. The van der Waals surface area contributed by atoms with Gasteiger partial charge in [0.25, 0.3) is 0 Å². The van der Waals surface area contributed by atoms with E-state index in [1.807, 2.05) is 25.7 Å². The largest absolute Gasteiger partial charge is 0.461 e. The zero-order valence-corrected chi connectivity index (χ0v) is 22.4. The van der Waals surface area contributed by atoms with Crippen molar-refractivity contribution in [1.29, 1.82) is 0 Å². The summed E-state index contributed by atoms with van der Waals surface area (Å²) in [6, 6.07) is 0.119. The number of carbonyl (C=O) groups is 1. The minimum absolute atomic E-state index is 0.0162. The molecule has 2 aromatic rings. The molecule has 0 saturated carbocycles. The van der Waals surface area contributed by atoms with Gasteiger partial charge in [0.1, 0.15) is 23.5 Å². The van der Waals surface area contributed by atoms with Crippen molar-refractivity contribution in [1.82, 2.24) is 24.8 Å². The highest BCUT2D eigenvalue weighted by molar-refractivity contribution is 6.30. The molecule has 0 unspecified atom stereocenters. The molecule has 6 heterocycles. The molecule has 9 nitrogen and oxygen atoms in total. The summed E-state index contributed by atoms with van der Waals surface area (Å²) in [4.78, 5) is 32.7. The van der Waals surface area contributed by atoms with E-state index in [-0.39, 0.29) is 40.4 Å². The Bertz CT molecular complexity index is 1200. The minimum Gasteiger partial charge on any atom is -0.461 e. The lowest BCUT2D eigenvalue weighted by molar-refractivity contribution is 0.0122. The molecule has 4 saturated heterocycles. The highest BCUT2D eigenvalue weighted by Gasteiger charge is 2.46. The summed E-state index contributed by atoms with van der Waals surface area (Å²) in [5, 5.41) is 0.259. The predicted octanol–water partition coefficient (Wildman–Crippen LogP) is 4.41. The number of ether oxygens (including phenoxy) is 2. The summed E-state index contributed by atoms with van der Waals surface area (Å²) in [5.74, 6) is -0.111. The molecule has 0 aliphatic carbocycles. The van der Waals surface area contributed by atoms with Crippen LogP contribution >= 0.6 is 11.6 Å². The summed E-state index contributed by atoms with van der Waals surface area (Å²) in [5.41, 5.74) is -0.432. The van der Waals surface area contributed by atoms with Gasteiger partial charge in [0, 0.05) is 19.3 Å². The van der Waals surface area contributed by atoms with E-state index < -0.39 is 11.4 Å². The fraction of sp³-hybridized carbons (Fsp3) is 0.692. The number of hydrogen-bond donors (Lipinski definition) is 0. The van der Waals surface area contributed by atoms with Crippen molar-refractivity contribution in [2.45, 2.75) is 82.5 Å². The van der Waals surface area contributed by atoms with Gasteiger partial charge in [-0.05, 0) is 72.4 Å². The maximum Gasteiger partial charge on any atom is 0.410 e. The van der Waals surface area contributed by atoms with Gasteiger partial charge in [-0.15, -0.1) is 0 Å². The van der Waals surface area contributed by atoms with Crippen molar-refractivity contribution in [2.24, 2.45) is 0 Å². The summed E-state index contributed by atoms with van der Waals surface area (Å²) in [7, 11) is 0. The molecule has 0 spiro atoms. The average Bonchev–Trinajstić information content (AvgIpc) is 3.49. The van der Waals surface area contributed by atoms with Crippen LogP contribution in [0.15, 0.2) is 6.20 Å². The van der Waals surface area contributed by atoms with Crippen LogP contribution in [0.4, 0.5) is 15.0 Å². The van der Waals surface area contributed by atoms with Crippen LogP contribution in [0.3, 0.4) is 0 Å². The van der Waals surface area contributed by atoms with Crippen LogP contribution in [-0.2, 0) is 4.74 Å². The zero-order chi connectivity index (χ0) is 25.9. The van der Waals surface area contributed by atoms with Crippen LogP contribution in [0.2, 0.25) is 5.15 Å². The smallest absolute Gasteiger partial charge is 0.410 e. The molecule has 11 heteroatoms. The van der Waals surface area contributed by atoms with Crippen LogP contribution in [0, 0.1) is 5.82 Å². The fourth-order valence-corrected chi connectivity index (χ4v) is 6.79. The number of nitrogens with zero attached hydrogens (tertiary/aromatic N) is 6. The van der Waals surface area contributed by atoms with E-state index in [4.69, 9.17) is 26.1 Å². The van der Waals surface area contributed by atoms with Crippen LogP contribution in [0.25, 0.3) is 10.9 Å². The first-order chi connectivity index (χ1) is 17.6. The third-order valence-electron chi connectivity index (χ3n) is 8.27. The van der Waals surface area contributed by atoms with E-state index in [9.17, 15) is 4.79 Å². The van der Waals surface area contributed by atoms with Gasteiger partial charge in [-0.2, -0.15) is 9.97 Å². The van der Waals surface area contributed by atoms with Crippen LogP contribution < -0.4 is 9.64 Å². The summed E-state index contributed by atoms with van der Waals surface area (Å²) in [6.45, 7) is 9.41. The monoisotopic (exact) mass is 532 g/mol. The highest BCUT2D eigenvalue weighted by Crippen LogP contribution is 2.40. The lowest BCUT2D eigenvalue weighted by Gasteiger charge is -2.42. The average molecular weight is 533 g/mol. The second-order valence-electron chi connectivity index (χ2n) is 11.8. The third-order valence-corrected chi connectivity index (χ3v) is 8.53. The Morgan fingerprint density at radius 1 is 1.16 bits per heavy atom. The molecule has 37 heavy (non-hydrogen) atoms. The van der Waals surface area contributed by atoms with Crippen molar-refractivity contribution in [3.63, 3.8) is 0 Å². The van der Waals surface area contributed by atoms with Gasteiger partial charge >= 0.3 is 12.1 Å². The standard InChI is InChI=1S/C26H34ClFN6O3/c1-25(2,3)37-24(35)34-16-6-7-17(34)14-32(13-16)22-18-12-29-21(27)19(28)20(18)30-23(31-22)36-15-26-8-4-10-33(26)11-5-9-26/h12,16-17H,4-11,13-15H2,1-3H3/t16-,17+. The topological polar surface area (TPSA) is 83.9 Å². The van der Waals surface area contributed by atoms with Gasteiger partial charge in [-0.3, -0.25) is 9.80 Å². The van der Waals surface area contributed by atoms with E-state index in [0.29, 0.717) is 30.9 Å². The number of rotatable bonds is 4. The lowest BCUT2D eigenvalue weighted by atomic mass is 9.95. The number of amides is 1. The molecule has 0 aromatic carbocycles. The molecule has 2 bridgehead atoms. The second-order valence-corrected chi connectivity index (χ2v) is 12.2. The van der Waals surface area contributed by atoms with Gasteiger partial charge in [0.15, 0.2) is 11.0 Å². The molecule has 4 fully saturated rings. The number of carbonyl (C=O) groups excluding carboxylic acids is 1. The lowest BCUT2D eigenvalue weighted by Crippen LogP contribution is -2.57. The van der Waals surface area contributed by atoms with Crippen LogP contribution in [0.1, 0.15) is 59.3 Å². The maximum atomic E-state index is 15.1. The summed E-state index contributed by atoms with van der Waals surface area (Å²) < 4.78 is 27.0. The Morgan fingerprint density at radius 3 is 2.49 bits per heavy atom. The molecule has 2 atom stereocenters. The van der Waals surface area contributed by atoms with Gasteiger partial charge in [0.2, 0.25) is 0 Å². The van der Waals surface area contributed by atoms with E-state index in [1.165, 1.54) is 6.20 Å². The number of pyridine rings is 1. The van der Waals surface area contributed by atoms with Gasteiger partial charge in [-0.25, -0.2) is 14.2 Å². The molecule has 1 amide bonds. The molecule has 2 aromatic heterocycles. The number of hydrogen-bond acceptors (Lipinski definition) is 8. The number of piperazine rings is 1. The highest BCUT2D eigenvalue weighted by atomic mass is 35.5.